The van der Waals surface area contributed by atoms with Gasteiger partial charge in [0.1, 0.15) is 5.82 Å². The summed E-state index contributed by atoms with van der Waals surface area (Å²) in [5.41, 5.74) is 0. The molecule has 0 bridgehead atoms. The van der Waals surface area contributed by atoms with E-state index < -0.39 is 19.0 Å². The van der Waals surface area contributed by atoms with Gasteiger partial charge in [-0.3, -0.25) is 4.98 Å². The maximum atomic E-state index is 12.5. The lowest BCUT2D eigenvalue weighted by molar-refractivity contribution is -0.148. The summed E-state index contributed by atoms with van der Waals surface area (Å²) >= 11 is 0. The number of anilines is 1. The first-order chi connectivity index (χ1) is 7.95. The molecule has 0 unspecified atom stereocenters. The monoisotopic (exact) mass is 253 g/mol. The van der Waals surface area contributed by atoms with E-state index in [0.717, 1.165) is 6.20 Å². The van der Waals surface area contributed by atoms with Gasteiger partial charge >= 0.3 is 12.3 Å². The van der Waals surface area contributed by atoms with Gasteiger partial charge in [0.2, 0.25) is 5.88 Å². The van der Waals surface area contributed by atoms with Crippen LogP contribution in [0.25, 0.3) is 0 Å². The predicted octanol–water partition coefficient (Wildman–Crippen LogP) is 2.19. The maximum absolute atomic E-state index is 12.5. The summed E-state index contributed by atoms with van der Waals surface area (Å²) in [5, 5.41) is 2.78. The van der Waals surface area contributed by atoms with Crippen LogP contribution in [-0.4, -0.2) is 35.5 Å². The molecule has 8 heteroatoms. The predicted molar refractivity (Wildman–Crippen MR) is 52.6 cm³/mol. The molecule has 0 radical (unpaired) electrons. The normalized spacial score (nSPS) is 11.6. The highest BCUT2D eigenvalue weighted by Crippen LogP contribution is 2.23. The molecule has 17 heavy (non-hydrogen) atoms. The van der Waals surface area contributed by atoms with E-state index in [4.69, 9.17) is 0 Å². The number of nitrogens with one attached hydrogen (secondary N) is 1. The first-order valence-corrected chi connectivity index (χ1v) is 4.80. The number of alkyl halides is 4. The van der Waals surface area contributed by atoms with Crippen LogP contribution in [0.1, 0.15) is 6.92 Å². The maximum Gasteiger partial charge on any atom is 0.340 e. The Balaban J connectivity index is 2.60. The molecule has 96 valence electrons. The Morgan fingerprint density at radius 2 is 2.12 bits per heavy atom. The number of rotatable bonds is 6. The van der Waals surface area contributed by atoms with Gasteiger partial charge in [-0.2, -0.15) is 13.8 Å². The fraction of sp³-hybridized carbons (Fsp3) is 0.556. The molecule has 0 amide bonds. The van der Waals surface area contributed by atoms with Crippen LogP contribution in [-0.2, 0) is 0 Å². The Labute approximate surface area is 95.0 Å². The van der Waals surface area contributed by atoms with E-state index in [1.165, 1.54) is 6.20 Å². The van der Waals surface area contributed by atoms with Crippen molar-refractivity contribution in [2.45, 2.75) is 19.3 Å². The van der Waals surface area contributed by atoms with Crippen molar-refractivity contribution >= 4 is 5.82 Å². The van der Waals surface area contributed by atoms with Gasteiger partial charge in [0.15, 0.2) is 6.61 Å². The van der Waals surface area contributed by atoms with Crippen LogP contribution in [0.5, 0.6) is 5.88 Å². The second kappa shape index (κ2) is 5.65. The third kappa shape index (κ3) is 4.04. The molecule has 1 aromatic rings. The third-order valence-corrected chi connectivity index (χ3v) is 1.70. The molecule has 4 nitrogen and oxygen atoms in total. The van der Waals surface area contributed by atoms with Crippen LogP contribution >= 0.6 is 0 Å². The largest absolute Gasteiger partial charge is 0.470 e. The van der Waals surface area contributed by atoms with Gasteiger partial charge in [0, 0.05) is 6.54 Å². The molecular weight excluding hydrogens is 242 g/mol. The summed E-state index contributed by atoms with van der Waals surface area (Å²) in [6, 6.07) is 0. The van der Waals surface area contributed by atoms with E-state index in [9.17, 15) is 17.6 Å². The van der Waals surface area contributed by atoms with Gasteiger partial charge in [-0.25, -0.2) is 8.78 Å². The number of hydrogen-bond acceptors (Lipinski definition) is 4. The molecule has 0 fully saturated rings. The second-order valence-corrected chi connectivity index (χ2v) is 3.12. The summed E-state index contributed by atoms with van der Waals surface area (Å²) in [6.45, 7) is 0.931. The van der Waals surface area contributed by atoms with Crippen LogP contribution in [0.4, 0.5) is 23.4 Å². The Morgan fingerprint density at radius 3 is 2.71 bits per heavy atom. The van der Waals surface area contributed by atoms with Gasteiger partial charge < -0.3 is 10.1 Å². The van der Waals surface area contributed by atoms with E-state index in [2.05, 4.69) is 20.0 Å². The molecule has 1 rings (SSSR count). The number of nitrogens with zero attached hydrogens (tertiary/aromatic N) is 2. The molecular formula is C9H11F4N3O. The Kier molecular flexibility index (Phi) is 4.47. The molecule has 0 aliphatic heterocycles. The molecule has 0 aromatic carbocycles. The summed E-state index contributed by atoms with van der Waals surface area (Å²) in [4.78, 5) is 7.42. The highest BCUT2D eigenvalue weighted by atomic mass is 19.3. The molecule has 0 aliphatic rings. The van der Waals surface area contributed by atoms with Crippen molar-refractivity contribution in [3.63, 3.8) is 0 Å². The molecule has 0 aliphatic carbocycles. The highest BCUT2D eigenvalue weighted by Gasteiger charge is 2.41. The lowest BCUT2D eigenvalue weighted by Crippen LogP contribution is -2.33. The molecule has 1 N–H and O–H groups in total. The molecule has 0 atom stereocenters. The van der Waals surface area contributed by atoms with Crippen molar-refractivity contribution in [1.82, 2.24) is 9.97 Å². The highest BCUT2D eigenvalue weighted by molar-refractivity contribution is 5.32. The fourth-order valence-electron chi connectivity index (χ4n) is 0.917. The van der Waals surface area contributed by atoms with E-state index in [1.54, 1.807) is 6.92 Å². The van der Waals surface area contributed by atoms with E-state index in [1.807, 2.05) is 0 Å². The number of halogens is 4. The molecule has 0 saturated heterocycles. The fourth-order valence-corrected chi connectivity index (χ4v) is 0.917. The van der Waals surface area contributed by atoms with Gasteiger partial charge in [0.05, 0.1) is 12.4 Å². The zero-order valence-electron chi connectivity index (χ0n) is 8.96. The summed E-state index contributed by atoms with van der Waals surface area (Å²) in [5.74, 6) is -4.11. The van der Waals surface area contributed by atoms with E-state index >= 15 is 0 Å². The van der Waals surface area contributed by atoms with E-state index in [0.29, 0.717) is 12.4 Å². The first kappa shape index (κ1) is 13.5. The Morgan fingerprint density at radius 1 is 1.41 bits per heavy atom. The van der Waals surface area contributed by atoms with Gasteiger partial charge in [-0.05, 0) is 6.92 Å². The van der Waals surface area contributed by atoms with Crippen LogP contribution in [0.3, 0.4) is 0 Å². The van der Waals surface area contributed by atoms with Crippen molar-refractivity contribution in [3.05, 3.63) is 12.4 Å². The number of hydrogen-bond donors (Lipinski definition) is 1. The van der Waals surface area contributed by atoms with Crippen LogP contribution < -0.4 is 10.1 Å². The first-order valence-electron chi connectivity index (χ1n) is 4.80. The summed E-state index contributed by atoms with van der Waals surface area (Å²) in [6.07, 6.45) is -1.34. The minimum absolute atomic E-state index is 0.233. The van der Waals surface area contributed by atoms with Gasteiger partial charge in [0.25, 0.3) is 0 Å². The topological polar surface area (TPSA) is 47.0 Å². The lowest BCUT2D eigenvalue weighted by Gasteiger charge is -2.15. The molecule has 0 spiro atoms. The SMILES string of the molecule is CCNc1cncc(OCC(F)(F)C(F)F)n1. The van der Waals surface area contributed by atoms with E-state index in [-0.39, 0.29) is 5.88 Å². The van der Waals surface area contributed by atoms with Crippen LogP contribution in [0.2, 0.25) is 0 Å². The standard InChI is InChI=1S/C9H11F4N3O/c1-2-15-6-3-14-4-7(16-6)17-5-9(12,13)8(10)11/h3-4,8H,2,5H2,1H3,(H,15,16). The molecule has 1 heterocycles. The molecule has 1 aromatic heterocycles. The lowest BCUT2D eigenvalue weighted by atomic mass is 10.4. The average Bonchev–Trinajstić information content (AvgIpc) is 2.27. The zero-order valence-corrected chi connectivity index (χ0v) is 8.96. The molecule has 0 saturated carbocycles. The van der Waals surface area contributed by atoms with Gasteiger partial charge in [-0.1, -0.05) is 0 Å². The average molecular weight is 253 g/mol. The summed E-state index contributed by atoms with van der Waals surface area (Å²) < 4.78 is 53.2. The van der Waals surface area contributed by atoms with Crippen molar-refractivity contribution < 1.29 is 22.3 Å². The van der Waals surface area contributed by atoms with Crippen LogP contribution in [0, 0.1) is 0 Å². The third-order valence-electron chi connectivity index (χ3n) is 1.70. The van der Waals surface area contributed by atoms with Crippen molar-refractivity contribution in [1.29, 1.82) is 0 Å². The van der Waals surface area contributed by atoms with Crippen LogP contribution in [0.15, 0.2) is 12.4 Å². The smallest absolute Gasteiger partial charge is 0.340 e. The Bertz CT molecular complexity index is 362. The van der Waals surface area contributed by atoms with Crippen molar-refractivity contribution in [2.24, 2.45) is 0 Å². The Hall–Kier alpha value is -1.60. The second-order valence-electron chi connectivity index (χ2n) is 3.12. The minimum Gasteiger partial charge on any atom is -0.470 e. The van der Waals surface area contributed by atoms with Gasteiger partial charge in [-0.15, -0.1) is 0 Å². The zero-order chi connectivity index (χ0) is 12.9. The number of aromatic nitrogens is 2. The quantitative estimate of drug-likeness (QED) is 0.789. The van der Waals surface area contributed by atoms with Crippen molar-refractivity contribution in [2.75, 3.05) is 18.5 Å². The van der Waals surface area contributed by atoms with Crippen molar-refractivity contribution in [3.8, 4) is 5.88 Å². The number of ether oxygens (including phenoxy) is 1. The minimum atomic E-state index is -4.20. The summed E-state index contributed by atoms with van der Waals surface area (Å²) in [7, 11) is 0.